The first-order chi connectivity index (χ1) is 7.20. The molecule has 0 aromatic heterocycles. The molecule has 0 saturated carbocycles. The predicted molar refractivity (Wildman–Crippen MR) is 58.3 cm³/mol. The molecule has 0 bridgehead atoms. The van der Waals surface area contributed by atoms with Gasteiger partial charge in [-0.05, 0) is 25.1 Å². The maximum Gasteiger partial charge on any atom is 0.165 e. The van der Waals surface area contributed by atoms with Crippen molar-refractivity contribution in [3.63, 3.8) is 0 Å². The van der Waals surface area contributed by atoms with E-state index >= 15 is 0 Å². The molecule has 0 amide bonds. The molecule has 0 N–H and O–H groups in total. The van der Waals surface area contributed by atoms with Crippen LogP contribution in [0.5, 0.6) is 5.75 Å². The van der Waals surface area contributed by atoms with E-state index in [0.717, 1.165) is 6.42 Å². The Morgan fingerprint density at radius 2 is 2.07 bits per heavy atom. The van der Waals surface area contributed by atoms with Crippen molar-refractivity contribution in [2.45, 2.75) is 18.9 Å². The lowest BCUT2D eigenvalue weighted by Gasteiger charge is -2.28. The Labute approximate surface area is 88.9 Å². The lowest BCUT2D eigenvalue weighted by atomic mass is 9.97. The lowest BCUT2D eigenvalue weighted by Crippen LogP contribution is -2.30. The van der Waals surface area contributed by atoms with Gasteiger partial charge in [-0.2, -0.15) is 0 Å². The van der Waals surface area contributed by atoms with Gasteiger partial charge in [0.25, 0.3) is 0 Å². The van der Waals surface area contributed by atoms with E-state index in [4.69, 9.17) is 4.74 Å². The number of para-hydroxylation sites is 1. The average molecular weight is 204 g/mol. The normalized spacial score (nSPS) is 24.1. The van der Waals surface area contributed by atoms with Gasteiger partial charge >= 0.3 is 0 Å². The summed E-state index contributed by atoms with van der Waals surface area (Å²) in [5.74, 6) is -0.0124. The van der Waals surface area contributed by atoms with Crippen LogP contribution in [0, 0.1) is 5.82 Å². The summed E-state index contributed by atoms with van der Waals surface area (Å²) in [5.41, 5.74) is -0.434. The Bertz CT molecular complexity index is 409. The third-order valence-electron chi connectivity index (χ3n) is 2.40. The van der Waals surface area contributed by atoms with Gasteiger partial charge in [-0.3, -0.25) is 0 Å². The van der Waals surface area contributed by atoms with Crippen LogP contribution >= 0.6 is 0 Å². The first-order valence-electron chi connectivity index (χ1n) is 4.98. The summed E-state index contributed by atoms with van der Waals surface area (Å²) in [5, 5.41) is 0. The molecule has 1 aliphatic carbocycles. The fraction of sp³-hybridized carbons (Fsp3) is 0.231. The largest absolute Gasteiger partial charge is 0.480 e. The van der Waals surface area contributed by atoms with Crippen molar-refractivity contribution in [2.75, 3.05) is 0 Å². The first kappa shape index (κ1) is 9.97. The van der Waals surface area contributed by atoms with Crippen LogP contribution in [-0.2, 0) is 0 Å². The number of benzene rings is 1. The molecular formula is C13H13FO. The highest BCUT2D eigenvalue weighted by molar-refractivity contribution is 5.27. The third kappa shape index (κ3) is 2.27. The second kappa shape index (κ2) is 3.89. The van der Waals surface area contributed by atoms with E-state index in [1.807, 2.05) is 31.2 Å². The highest BCUT2D eigenvalue weighted by Gasteiger charge is 2.23. The highest BCUT2D eigenvalue weighted by Crippen LogP contribution is 2.27. The summed E-state index contributed by atoms with van der Waals surface area (Å²) in [6, 6.07) is 6.47. The minimum absolute atomic E-state index is 0.306. The molecule has 0 saturated heterocycles. The molecule has 0 fully saturated rings. The molecule has 1 aromatic rings. The quantitative estimate of drug-likeness (QED) is 0.716. The molecule has 1 aromatic carbocycles. The van der Waals surface area contributed by atoms with Crippen molar-refractivity contribution in [3.8, 4) is 5.75 Å². The van der Waals surface area contributed by atoms with E-state index in [1.54, 1.807) is 18.2 Å². The Morgan fingerprint density at radius 3 is 2.73 bits per heavy atom. The van der Waals surface area contributed by atoms with Crippen molar-refractivity contribution >= 4 is 0 Å². The molecule has 78 valence electrons. The zero-order chi connectivity index (χ0) is 10.7. The number of allylic oxidation sites excluding steroid dienone is 2. The van der Waals surface area contributed by atoms with Crippen LogP contribution in [0.3, 0.4) is 0 Å². The third-order valence-corrected chi connectivity index (χ3v) is 2.40. The van der Waals surface area contributed by atoms with E-state index in [-0.39, 0.29) is 5.82 Å². The van der Waals surface area contributed by atoms with Gasteiger partial charge in [0.05, 0.1) is 0 Å². The Kier molecular flexibility index (Phi) is 2.58. The predicted octanol–water partition coefficient (Wildman–Crippen LogP) is 3.48. The summed E-state index contributed by atoms with van der Waals surface area (Å²) in [6.07, 6.45) is 8.61. The standard InChI is InChI=1S/C13H13FO/c1-13(9-5-2-6-10-13)15-12-8-4-3-7-11(12)14/h2-9H,10H2,1H3. The van der Waals surface area contributed by atoms with Gasteiger partial charge in [0.2, 0.25) is 0 Å². The van der Waals surface area contributed by atoms with Crippen LogP contribution in [0.1, 0.15) is 13.3 Å². The first-order valence-corrected chi connectivity index (χ1v) is 4.98. The van der Waals surface area contributed by atoms with Crippen LogP contribution in [0.15, 0.2) is 48.6 Å². The van der Waals surface area contributed by atoms with Crippen LogP contribution < -0.4 is 4.74 Å². The van der Waals surface area contributed by atoms with E-state index in [0.29, 0.717) is 5.75 Å². The van der Waals surface area contributed by atoms with E-state index in [9.17, 15) is 4.39 Å². The number of hydrogen-bond donors (Lipinski definition) is 0. The number of halogens is 1. The summed E-state index contributed by atoms with van der Waals surface area (Å²) in [6.45, 7) is 1.94. The van der Waals surface area contributed by atoms with Crippen LogP contribution in [-0.4, -0.2) is 5.60 Å². The summed E-state index contributed by atoms with van der Waals surface area (Å²) < 4.78 is 19.0. The SMILES string of the molecule is CC1(Oc2ccccc2F)C=CC=CC1. The average Bonchev–Trinajstić information content (AvgIpc) is 2.22. The smallest absolute Gasteiger partial charge is 0.165 e. The molecule has 0 spiro atoms. The molecule has 2 heteroatoms. The van der Waals surface area contributed by atoms with Crippen LogP contribution in [0.2, 0.25) is 0 Å². The van der Waals surface area contributed by atoms with Gasteiger partial charge in [-0.15, -0.1) is 0 Å². The molecule has 0 radical (unpaired) electrons. The number of hydrogen-bond acceptors (Lipinski definition) is 1. The molecule has 1 aliphatic rings. The monoisotopic (exact) mass is 204 g/mol. The zero-order valence-electron chi connectivity index (χ0n) is 8.61. The van der Waals surface area contributed by atoms with Gasteiger partial charge in [-0.25, -0.2) is 4.39 Å². The summed E-state index contributed by atoms with van der Waals surface area (Å²) in [7, 11) is 0. The van der Waals surface area contributed by atoms with E-state index in [1.165, 1.54) is 6.07 Å². The molecule has 2 rings (SSSR count). The second-order valence-corrected chi connectivity index (χ2v) is 3.84. The van der Waals surface area contributed by atoms with Crippen molar-refractivity contribution in [1.29, 1.82) is 0 Å². The minimum atomic E-state index is -0.434. The maximum absolute atomic E-state index is 13.3. The highest BCUT2D eigenvalue weighted by atomic mass is 19.1. The molecule has 0 heterocycles. The maximum atomic E-state index is 13.3. The second-order valence-electron chi connectivity index (χ2n) is 3.84. The molecule has 1 atom stereocenters. The van der Waals surface area contributed by atoms with Gasteiger partial charge < -0.3 is 4.74 Å². The Morgan fingerprint density at radius 1 is 1.27 bits per heavy atom. The fourth-order valence-corrected chi connectivity index (χ4v) is 1.56. The molecule has 1 nitrogen and oxygen atoms in total. The van der Waals surface area contributed by atoms with Gasteiger partial charge in [0.1, 0.15) is 5.60 Å². The lowest BCUT2D eigenvalue weighted by molar-refractivity contribution is 0.136. The van der Waals surface area contributed by atoms with Crippen LogP contribution in [0.4, 0.5) is 4.39 Å². The zero-order valence-corrected chi connectivity index (χ0v) is 8.61. The molecule has 0 aliphatic heterocycles. The van der Waals surface area contributed by atoms with E-state index in [2.05, 4.69) is 0 Å². The van der Waals surface area contributed by atoms with Crippen molar-refractivity contribution in [1.82, 2.24) is 0 Å². The van der Waals surface area contributed by atoms with Gasteiger partial charge in [-0.1, -0.05) is 30.4 Å². The molecule has 1 unspecified atom stereocenters. The fourth-order valence-electron chi connectivity index (χ4n) is 1.56. The number of rotatable bonds is 2. The minimum Gasteiger partial charge on any atom is -0.480 e. The van der Waals surface area contributed by atoms with Crippen LogP contribution in [0.25, 0.3) is 0 Å². The molecule has 15 heavy (non-hydrogen) atoms. The van der Waals surface area contributed by atoms with Crippen molar-refractivity contribution in [3.05, 3.63) is 54.4 Å². The molecular weight excluding hydrogens is 191 g/mol. The topological polar surface area (TPSA) is 9.23 Å². The van der Waals surface area contributed by atoms with Gasteiger partial charge in [0.15, 0.2) is 11.6 Å². The van der Waals surface area contributed by atoms with Crippen molar-refractivity contribution < 1.29 is 9.13 Å². The summed E-state index contributed by atoms with van der Waals surface area (Å²) >= 11 is 0. The van der Waals surface area contributed by atoms with E-state index < -0.39 is 5.60 Å². The van der Waals surface area contributed by atoms with Crippen molar-refractivity contribution in [2.24, 2.45) is 0 Å². The number of ether oxygens (including phenoxy) is 1. The summed E-state index contributed by atoms with van der Waals surface area (Å²) in [4.78, 5) is 0. The Balaban J connectivity index is 2.18. The Hall–Kier alpha value is -1.57. The van der Waals surface area contributed by atoms with Gasteiger partial charge in [0, 0.05) is 6.42 Å².